The third-order valence-electron chi connectivity index (χ3n) is 3.55. The number of para-hydroxylation sites is 1. The molecule has 0 N–H and O–H groups in total. The second kappa shape index (κ2) is 5.15. The molecule has 0 radical (unpaired) electrons. The van der Waals surface area contributed by atoms with Crippen LogP contribution in [-0.2, 0) is 0 Å². The van der Waals surface area contributed by atoms with Gasteiger partial charge in [0.05, 0.1) is 22.1 Å². The van der Waals surface area contributed by atoms with Crippen molar-refractivity contribution in [1.29, 1.82) is 0 Å². The molecular formula is C17H16ClFN2. The fraction of sp³-hybridized carbons (Fsp3) is 0.235. The number of fused-ring (bicyclic) bond motifs is 1. The van der Waals surface area contributed by atoms with Crippen LogP contribution in [0.4, 0.5) is 4.39 Å². The maximum atomic E-state index is 13.8. The highest BCUT2D eigenvalue weighted by molar-refractivity contribution is 6.20. The van der Waals surface area contributed by atoms with Crippen LogP contribution in [0.15, 0.2) is 36.4 Å². The molecule has 0 bridgehead atoms. The summed E-state index contributed by atoms with van der Waals surface area (Å²) in [5.41, 5.74) is 4.55. The monoisotopic (exact) mass is 302 g/mol. The summed E-state index contributed by atoms with van der Waals surface area (Å²) in [6.45, 7) is 5.76. The molecule has 0 amide bonds. The Kier molecular flexibility index (Phi) is 3.46. The Bertz CT molecular complexity index is 801. The zero-order valence-electron chi connectivity index (χ0n) is 12.2. The Morgan fingerprint density at radius 3 is 2.62 bits per heavy atom. The van der Waals surface area contributed by atoms with Crippen molar-refractivity contribution in [1.82, 2.24) is 9.55 Å². The van der Waals surface area contributed by atoms with Crippen LogP contribution in [0.3, 0.4) is 0 Å². The van der Waals surface area contributed by atoms with Gasteiger partial charge in [-0.25, -0.2) is 9.37 Å². The highest BCUT2D eigenvalue weighted by Crippen LogP contribution is 2.30. The molecule has 0 aliphatic rings. The van der Waals surface area contributed by atoms with Crippen molar-refractivity contribution >= 4 is 22.6 Å². The summed E-state index contributed by atoms with van der Waals surface area (Å²) < 4.78 is 15.7. The molecule has 108 valence electrons. The van der Waals surface area contributed by atoms with Crippen molar-refractivity contribution in [2.75, 3.05) is 0 Å². The van der Waals surface area contributed by atoms with E-state index in [1.807, 2.05) is 49.6 Å². The summed E-state index contributed by atoms with van der Waals surface area (Å²) in [6, 6.07) is 10.9. The quantitative estimate of drug-likeness (QED) is 0.604. The van der Waals surface area contributed by atoms with E-state index in [4.69, 9.17) is 11.6 Å². The molecule has 0 aliphatic heterocycles. The first kappa shape index (κ1) is 14.1. The summed E-state index contributed by atoms with van der Waals surface area (Å²) >= 11 is 6.28. The van der Waals surface area contributed by atoms with Gasteiger partial charge in [0.2, 0.25) is 0 Å². The molecule has 3 rings (SSSR count). The Balaban J connectivity index is 2.39. The van der Waals surface area contributed by atoms with Crippen LogP contribution in [0.5, 0.6) is 0 Å². The molecular weight excluding hydrogens is 287 g/mol. The van der Waals surface area contributed by atoms with Gasteiger partial charge in [-0.15, -0.1) is 11.6 Å². The van der Waals surface area contributed by atoms with Crippen LogP contribution in [-0.4, -0.2) is 9.55 Å². The van der Waals surface area contributed by atoms with Gasteiger partial charge in [0, 0.05) is 0 Å². The standard InChI is InChI=1S/C17H16ClFN2/c1-10-7-13(19)9-14(8-10)21-15-6-4-5-11(2)16(15)20-17(21)12(3)18/h4-9,12H,1-3H3. The first-order chi connectivity index (χ1) is 9.97. The molecule has 1 aromatic heterocycles. The Hall–Kier alpha value is -1.87. The van der Waals surface area contributed by atoms with E-state index >= 15 is 0 Å². The Morgan fingerprint density at radius 1 is 1.19 bits per heavy atom. The lowest BCUT2D eigenvalue weighted by Crippen LogP contribution is -2.02. The number of benzene rings is 2. The van der Waals surface area contributed by atoms with Crippen LogP contribution in [0.2, 0.25) is 0 Å². The predicted molar refractivity (Wildman–Crippen MR) is 84.8 cm³/mol. The van der Waals surface area contributed by atoms with Gasteiger partial charge in [0.15, 0.2) is 0 Å². The number of aromatic nitrogens is 2. The number of imidazole rings is 1. The lowest BCUT2D eigenvalue weighted by molar-refractivity contribution is 0.625. The van der Waals surface area contributed by atoms with Crippen molar-refractivity contribution in [2.24, 2.45) is 0 Å². The summed E-state index contributed by atoms with van der Waals surface area (Å²) in [5.74, 6) is 0.471. The Labute approximate surface area is 128 Å². The molecule has 0 aliphatic carbocycles. The summed E-state index contributed by atoms with van der Waals surface area (Å²) in [4.78, 5) is 4.66. The molecule has 0 spiro atoms. The van der Waals surface area contributed by atoms with Gasteiger partial charge in [-0.2, -0.15) is 0 Å². The first-order valence-corrected chi connectivity index (χ1v) is 7.30. The van der Waals surface area contributed by atoms with Gasteiger partial charge in [0.25, 0.3) is 0 Å². The maximum Gasteiger partial charge on any atom is 0.132 e. The first-order valence-electron chi connectivity index (χ1n) is 6.87. The zero-order valence-corrected chi connectivity index (χ0v) is 12.9. The SMILES string of the molecule is Cc1cc(F)cc(-n2c(C(C)Cl)nc3c(C)cccc32)c1. The van der Waals surface area contributed by atoms with Gasteiger partial charge in [0.1, 0.15) is 11.6 Å². The number of hydrogen-bond acceptors (Lipinski definition) is 1. The number of rotatable bonds is 2. The summed E-state index contributed by atoms with van der Waals surface area (Å²) in [5, 5.41) is -0.264. The normalized spacial score (nSPS) is 12.8. The van der Waals surface area contributed by atoms with Crippen LogP contribution in [0.25, 0.3) is 16.7 Å². The van der Waals surface area contributed by atoms with Crippen molar-refractivity contribution in [3.8, 4) is 5.69 Å². The second-order valence-electron chi connectivity index (χ2n) is 5.35. The van der Waals surface area contributed by atoms with E-state index in [1.165, 1.54) is 12.1 Å². The average Bonchev–Trinajstić information content (AvgIpc) is 2.78. The van der Waals surface area contributed by atoms with E-state index in [1.54, 1.807) is 0 Å². The zero-order chi connectivity index (χ0) is 15.1. The minimum Gasteiger partial charge on any atom is -0.295 e. The minimum atomic E-state index is -0.264. The molecule has 2 aromatic carbocycles. The van der Waals surface area contributed by atoms with Gasteiger partial charge in [-0.3, -0.25) is 4.57 Å². The maximum absolute atomic E-state index is 13.8. The van der Waals surface area contributed by atoms with Crippen molar-refractivity contribution in [3.63, 3.8) is 0 Å². The highest BCUT2D eigenvalue weighted by atomic mass is 35.5. The fourth-order valence-electron chi connectivity index (χ4n) is 2.64. The molecule has 1 unspecified atom stereocenters. The lowest BCUT2D eigenvalue weighted by atomic mass is 10.2. The molecule has 0 fully saturated rings. The fourth-order valence-corrected chi connectivity index (χ4v) is 2.79. The minimum absolute atomic E-state index is 0.257. The molecule has 4 heteroatoms. The number of hydrogen-bond donors (Lipinski definition) is 0. The molecule has 0 saturated heterocycles. The third kappa shape index (κ3) is 2.42. The van der Waals surface area contributed by atoms with Crippen LogP contribution in [0, 0.1) is 19.7 Å². The van der Waals surface area contributed by atoms with E-state index in [0.717, 1.165) is 33.7 Å². The smallest absolute Gasteiger partial charge is 0.132 e. The third-order valence-corrected chi connectivity index (χ3v) is 3.75. The van der Waals surface area contributed by atoms with E-state index in [2.05, 4.69) is 4.98 Å². The van der Waals surface area contributed by atoms with Crippen molar-refractivity contribution in [2.45, 2.75) is 26.1 Å². The Morgan fingerprint density at radius 2 is 1.95 bits per heavy atom. The van der Waals surface area contributed by atoms with E-state index < -0.39 is 0 Å². The average molecular weight is 303 g/mol. The van der Waals surface area contributed by atoms with Gasteiger partial charge < -0.3 is 0 Å². The van der Waals surface area contributed by atoms with Crippen molar-refractivity contribution in [3.05, 3.63) is 59.2 Å². The lowest BCUT2D eigenvalue weighted by Gasteiger charge is -2.11. The molecule has 1 atom stereocenters. The second-order valence-corrected chi connectivity index (χ2v) is 6.01. The predicted octanol–water partition coefficient (Wildman–Crippen LogP) is 5.08. The largest absolute Gasteiger partial charge is 0.295 e. The van der Waals surface area contributed by atoms with Gasteiger partial charge in [-0.05, 0) is 56.2 Å². The van der Waals surface area contributed by atoms with Gasteiger partial charge in [-0.1, -0.05) is 12.1 Å². The molecule has 0 saturated carbocycles. The summed E-state index contributed by atoms with van der Waals surface area (Å²) in [6.07, 6.45) is 0. The van der Waals surface area contributed by atoms with E-state index in [0.29, 0.717) is 0 Å². The van der Waals surface area contributed by atoms with Crippen molar-refractivity contribution < 1.29 is 4.39 Å². The number of alkyl halides is 1. The highest BCUT2D eigenvalue weighted by Gasteiger charge is 2.17. The van der Waals surface area contributed by atoms with Crippen LogP contribution in [0.1, 0.15) is 29.3 Å². The number of halogens is 2. The molecule has 21 heavy (non-hydrogen) atoms. The molecule has 1 heterocycles. The number of aryl methyl sites for hydroxylation is 2. The van der Waals surface area contributed by atoms with Gasteiger partial charge >= 0.3 is 0 Å². The van der Waals surface area contributed by atoms with E-state index in [9.17, 15) is 4.39 Å². The van der Waals surface area contributed by atoms with E-state index in [-0.39, 0.29) is 11.2 Å². The number of nitrogens with zero attached hydrogens (tertiary/aromatic N) is 2. The molecule has 2 nitrogen and oxygen atoms in total. The molecule has 3 aromatic rings. The van der Waals surface area contributed by atoms with Crippen LogP contribution < -0.4 is 0 Å². The summed E-state index contributed by atoms with van der Waals surface area (Å²) in [7, 11) is 0. The van der Waals surface area contributed by atoms with Crippen LogP contribution >= 0.6 is 11.6 Å². The topological polar surface area (TPSA) is 17.8 Å².